The van der Waals surface area contributed by atoms with Gasteiger partial charge >= 0.3 is 0 Å². The van der Waals surface area contributed by atoms with Gasteiger partial charge in [-0.3, -0.25) is 9.52 Å². The van der Waals surface area contributed by atoms with Crippen molar-refractivity contribution in [3.63, 3.8) is 0 Å². The number of anilines is 2. The summed E-state index contributed by atoms with van der Waals surface area (Å²) in [6.07, 6.45) is 7.96. The number of benzene rings is 1. The second-order valence-corrected chi connectivity index (χ2v) is 11.3. The molecular formula is C23H25N3O4S. The Balaban J connectivity index is 1.46. The molecule has 0 unspecified atom stereocenters. The molecule has 3 fully saturated rings. The van der Waals surface area contributed by atoms with E-state index in [9.17, 15) is 13.2 Å². The number of allylic oxidation sites excluding steroid dienone is 1. The van der Waals surface area contributed by atoms with Crippen LogP contribution in [0.15, 0.2) is 35.3 Å². The number of rotatable bonds is 5. The van der Waals surface area contributed by atoms with E-state index in [0.29, 0.717) is 12.1 Å². The quantitative estimate of drug-likeness (QED) is 0.774. The molecule has 4 aliphatic rings. The Morgan fingerprint density at radius 2 is 1.94 bits per heavy atom. The summed E-state index contributed by atoms with van der Waals surface area (Å²) >= 11 is 0. The number of aromatic nitrogens is 1. The Morgan fingerprint density at radius 3 is 2.61 bits per heavy atom. The Bertz CT molecular complexity index is 1280. The van der Waals surface area contributed by atoms with Gasteiger partial charge in [-0.15, -0.1) is 0 Å². The second-order valence-electron chi connectivity index (χ2n) is 9.38. The third kappa shape index (κ3) is 3.03. The lowest BCUT2D eigenvalue weighted by atomic mass is 9.77. The molecule has 1 spiro atoms. The number of hydrogen-bond donors (Lipinski definition) is 1. The van der Waals surface area contributed by atoms with Crippen LogP contribution in [0.1, 0.15) is 24.0 Å². The number of nitrogens with zero attached hydrogens (tertiary/aromatic N) is 2. The Morgan fingerprint density at radius 1 is 1.16 bits per heavy atom. The first-order valence-electron chi connectivity index (χ1n) is 10.7. The van der Waals surface area contributed by atoms with E-state index in [1.165, 1.54) is 0 Å². The Hall–Kier alpha value is -2.58. The number of fused-ring (bicyclic) bond motifs is 1. The number of pyridine rings is 1. The highest BCUT2D eigenvalue weighted by Crippen LogP contribution is 2.45. The molecule has 1 saturated carbocycles. The van der Waals surface area contributed by atoms with Crippen LogP contribution in [0.3, 0.4) is 0 Å². The molecule has 162 valence electrons. The van der Waals surface area contributed by atoms with Crippen LogP contribution in [-0.2, 0) is 28.2 Å². The number of ether oxygens (including phenoxy) is 1. The highest BCUT2D eigenvalue weighted by atomic mass is 32.2. The lowest BCUT2D eigenvalue weighted by molar-refractivity contribution is -0.127. The van der Waals surface area contributed by atoms with E-state index in [1.54, 1.807) is 11.6 Å². The summed E-state index contributed by atoms with van der Waals surface area (Å²) in [7, 11) is -1.58. The number of aryl methyl sites for hydroxylation is 1. The van der Waals surface area contributed by atoms with Gasteiger partial charge in [0.2, 0.25) is 10.0 Å². The number of sulfonamides is 1. The molecule has 0 atom stereocenters. The number of nitrogens with one attached hydrogen (secondary N) is 1. The predicted molar refractivity (Wildman–Crippen MR) is 121 cm³/mol. The van der Waals surface area contributed by atoms with Crippen LogP contribution < -0.4 is 15.2 Å². The molecule has 2 saturated heterocycles. The molecule has 2 aromatic rings. The molecule has 8 heteroatoms. The van der Waals surface area contributed by atoms with Gasteiger partial charge < -0.3 is 14.2 Å². The zero-order valence-electron chi connectivity index (χ0n) is 17.4. The molecule has 2 aliphatic heterocycles. The van der Waals surface area contributed by atoms with Gasteiger partial charge in [-0.05, 0) is 43.0 Å². The van der Waals surface area contributed by atoms with Gasteiger partial charge in [-0.1, -0.05) is 12.2 Å². The summed E-state index contributed by atoms with van der Waals surface area (Å²) in [5.41, 5.74) is 5.55. The first kappa shape index (κ1) is 19.1. The van der Waals surface area contributed by atoms with E-state index in [-0.39, 0.29) is 16.2 Å². The van der Waals surface area contributed by atoms with E-state index >= 15 is 0 Å². The van der Waals surface area contributed by atoms with Gasteiger partial charge in [0.15, 0.2) is 0 Å². The van der Waals surface area contributed by atoms with Gasteiger partial charge in [-0.2, -0.15) is 0 Å². The third-order valence-electron chi connectivity index (χ3n) is 6.84. The molecule has 1 N–H and O–H groups in total. The molecule has 0 amide bonds. The summed E-state index contributed by atoms with van der Waals surface area (Å²) < 4.78 is 34.9. The minimum absolute atomic E-state index is 0.0189. The molecule has 31 heavy (non-hydrogen) atoms. The Labute approximate surface area is 181 Å². The monoisotopic (exact) mass is 439 g/mol. The first-order chi connectivity index (χ1) is 14.9. The average Bonchev–Trinajstić information content (AvgIpc) is 3.42. The Kier molecular flexibility index (Phi) is 3.99. The van der Waals surface area contributed by atoms with Crippen molar-refractivity contribution in [2.45, 2.75) is 24.5 Å². The van der Waals surface area contributed by atoms with Gasteiger partial charge in [0.25, 0.3) is 5.56 Å². The van der Waals surface area contributed by atoms with Crippen molar-refractivity contribution in [3.05, 3.63) is 52.0 Å². The largest absolute Gasteiger partial charge is 0.380 e. The van der Waals surface area contributed by atoms with E-state index < -0.39 is 10.0 Å². The van der Waals surface area contributed by atoms with Gasteiger partial charge in [0.05, 0.1) is 23.9 Å². The fourth-order valence-corrected chi connectivity index (χ4v) is 6.31. The molecule has 3 heterocycles. The van der Waals surface area contributed by atoms with Crippen LogP contribution >= 0.6 is 0 Å². The standard InChI is InChI=1S/C23H25N3O4S/c1-25-10-20(17-3-2-4-18(17)22(25)27)19-9-15(24-31(28,29)16-6-7-16)5-8-21(19)26-11-23(12-26)13-30-14-23/h2-3,5,8-10,16,24H,4,6-7,11-14H2,1H3. The lowest BCUT2D eigenvalue weighted by Crippen LogP contribution is -2.66. The smallest absolute Gasteiger partial charge is 0.254 e. The lowest BCUT2D eigenvalue weighted by Gasteiger charge is -2.56. The maximum absolute atomic E-state index is 12.6. The van der Waals surface area contributed by atoms with E-state index in [0.717, 1.165) is 67.1 Å². The molecular weight excluding hydrogens is 414 g/mol. The van der Waals surface area contributed by atoms with E-state index in [4.69, 9.17) is 4.74 Å². The molecule has 6 rings (SSSR count). The van der Waals surface area contributed by atoms with Gasteiger partial charge in [-0.25, -0.2) is 8.42 Å². The summed E-state index contributed by atoms with van der Waals surface area (Å²) in [6.45, 7) is 3.46. The van der Waals surface area contributed by atoms with Gasteiger partial charge in [0.1, 0.15) is 0 Å². The van der Waals surface area contributed by atoms with Crippen LogP contribution in [0.2, 0.25) is 0 Å². The summed E-state index contributed by atoms with van der Waals surface area (Å²) in [5.74, 6) is 0. The number of hydrogen-bond acceptors (Lipinski definition) is 5. The van der Waals surface area contributed by atoms with Crippen LogP contribution in [0, 0.1) is 5.41 Å². The van der Waals surface area contributed by atoms with Crippen molar-refractivity contribution < 1.29 is 13.2 Å². The molecule has 7 nitrogen and oxygen atoms in total. The molecule has 1 aromatic heterocycles. The third-order valence-corrected chi connectivity index (χ3v) is 8.71. The predicted octanol–water partition coefficient (Wildman–Crippen LogP) is 2.36. The van der Waals surface area contributed by atoms with Crippen LogP contribution in [0.5, 0.6) is 0 Å². The normalized spacial score (nSPS) is 21.0. The second kappa shape index (κ2) is 6.46. The fourth-order valence-electron chi connectivity index (χ4n) is 4.93. The SMILES string of the molecule is Cn1cc(-c2cc(NS(=O)(=O)C3CC3)ccc2N2CC3(COC3)C2)c2c(c1=O)CC=C2. The van der Waals surface area contributed by atoms with Crippen molar-refractivity contribution in [2.75, 3.05) is 35.9 Å². The van der Waals surface area contributed by atoms with Crippen LogP contribution in [0.4, 0.5) is 11.4 Å². The van der Waals surface area contributed by atoms with Crippen molar-refractivity contribution >= 4 is 27.5 Å². The maximum atomic E-state index is 12.6. The first-order valence-corrected chi connectivity index (χ1v) is 12.3. The van der Waals surface area contributed by atoms with Gasteiger partial charge in [0, 0.05) is 54.4 Å². The average molecular weight is 440 g/mol. The molecule has 2 aliphatic carbocycles. The van der Waals surface area contributed by atoms with Crippen LogP contribution in [0.25, 0.3) is 17.2 Å². The van der Waals surface area contributed by atoms with Crippen molar-refractivity contribution in [1.82, 2.24) is 4.57 Å². The minimum atomic E-state index is -3.35. The van der Waals surface area contributed by atoms with Crippen molar-refractivity contribution in [2.24, 2.45) is 12.5 Å². The maximum Gasteiger partial charge on any atom is 0.254 e. The van der Waals surface area contributed by atoms with E-state index in [2.05, 4.69) is 9.62 Å². The summed E-state index contributed by atoms with van der Waals surface area (Å²) in [5, 5.41) is -0.283. The molecule has 0 bridgehead atoms. The topological polar surface area (TPSA) is 80.6 Å². The molecule has 1 aromatic carbocycles. The summed E-state index contributed by atoms with van der Waals surface area (Å²) in [6, 6.07) is 5.77. The summed E-state index contributed by atoms with van der Waals surface area (Å²) in [4.78, 5) is 14.9. The van der Waals surface area contributed by atoms with Crippen molar-refractivity contribution in [1.29, 1.82) is 0 Å². The highest BCUT2D eigenvalue weighted by molar-refractivity contribution is 7.93. The van der Waals surface area contributed by atoms with Crippen LogP contribution in [-0.4, -0.2) is 44.5 Å². The highest BCUT2D eigenvalue weighted by Gasteiger charge is 2.49. The fraction of sp³-hybridized carbons (Fsp3) is 0.435. The molecule has 0 radical (unpaired) electrons. The zero-order chi connectivity index (χ0) is 21.4. The minimum Gasteiger partial charge on any atom is -0.380 e. The van der Waals surface area contributed by atoms with Crippen molar-refractivity contribution in [3.8, 4) is 11.1 Å². The zero-order valence-corrected chi connectivity index (χ0v) is 18.2. The van der Waals surface area contributed by atoms with E-state index in [1.807, 2.05) is 36.5 Å².